The largest absolute Gasteiger partial charge is 0.464 e. The van der Waals surface area contributed by atoms with E-state index < -0.39 is 5.97 Å². The summed E-state index contributed by atoms with van der Waals surface area (Å²) < 4.78 is 14.9. The summed E-state index contributed by atoms with van der Waals surface area (Å²) in [6, 6.07) is 18.0. The number of carbonyl (C=O) groups excluding carboxylic acids is 1. The number of hydrogen-bond donors (Lipinski definition) is 0. The molecule has 9 heteroatoms. The van der Waals surface area contributed by atoms with E-state index >= 15 is 0 Å². The molecule has 0 aliphatic rings. The molecule has 0 saturated heterocycles. The maximum absolute atomic E-state index is 12.1. The Morgan fingerprint density at radius 2 is 1.93 bits per heavy atom. The monoisotopic (exact) mass is 394 g/mol. The molecular formula is C19H14N4O4S. The Morgan fingerprint density at radius 1 is 1.18 bits per heavy atom. The predicted octanol–water partition coefficient (Wildman–Crippen LogP) is 3.41. The smallest absolute Gasteiger partial charge is 0.360 e. The number of aromatic nitrogens is 2. The Kier molecular flexibility index (Phi) is 6.28. The van der Waals surface area contributed by atoms with Crippen molar-refractivity contribution in [2.24, 2.45) is 5.16 Å². The quantitative estimate of drug-likeness (QED) is 0.261. The maximum Gasteiger partial charge on any atom is 0.360 e. The lowest BCUT2D eigenvalue weighted by atomic mass is 10.1. The number of methoxy groups -OCH3 is 1. The molecular weight excluding hydrogens is 380 g/mol. The van der Waals surface area contributed by atoms with E-state index in [4.69, 9.17) is 19.6 Å². The van der Waals surface area contributed by atoms with E-state index in [9.17, 15) is 4.79 Å². The molecule has 0 fully saturated rings. The van der Waals surface area contributed by atoms with Gasteiger partial charge in [-0.25, -0.2) is 4.79 Å². The van der Waals surface area contributed by atoms with Crippen LogP contribution in [0, 0.1) is 11.3 Å². The van der Waals surface area contributed by atoms with Crippen LogP contribution in [0.25, 0.3) is 11.4 Å². The highest BCUT2D eigenvalue weighted by Crippen LogP contribution is 2.29. The van der Waals surface area contributed by atoms with Gasteiger partial charge in [0.05, 0.1) is 12.7 Å². The number of hydrogen-bond acceptors (Lipinski definition) is 9. The van der Waals surface area contributed by atoms with Crippen LogP contribution in [0.4, 0.5) is 0 Å². The zero-order chi connectivity index (χ0) is 19.8. The average Bonchev–Trinajstić information content (AvgIpc) is 3.21. The van der Waals surface area contributed by atoms with E-state index in [1.54, 1.807) is 30.3 Å². The first-order valence-electron chi connectivity index (χ1n) is 8.04. The highest BCUT2D eigenvalue weighted by molar-refractivity contribution is 7.07. The molecule has 0 aliphatic heterocycles. The fourth-order valence-electron chi connectivity index (χ4n) is 2.22. The van der Waals surface area contributed by atoms with Crippen LogP contribution in [0.3, 0.4) is 0 Å². The zero-order valence-electron chi connectivity index (χ0n) is 14.7. The van der Waals surface area contributed by atoms with Crippen LogP contribution in [0.1, 0.15) is 5.56 Å². The number of ether oxygens (including phenoxy) is 2. The topological polar surface area (TPSA) is 107 Å². The Hall–Kier alpha value is -3.77. The van der Waals surface area contributed by atoms with Crippen molar-refractivity contribution in [1.29, 1.82) is 5.26 Å². The van der Waals surface area contributed by atoms with Crippen LogP contribution in [0.2, 0.25) is 0 Å². The Morgan fingerprint density at radius 3 is 2.68 bits per heavy atom. The minimum atomic E-state index is -0.726. The van der Waals surface area contributed by atoms with Gasteiger partial charge < -0.3 is 14.3 Å². The first-order valence-corrected chi connectivity index (χ1v) is 8.82. The van der Waals surface area contributed by atoms with Crippen molar-refractivity contribution in [3.05, 3.63) is 60.2 Å². The molecule has 0 saturated carbocycles. The zero-order valence-corrected chi connectivity index (χ0v) is 15.5. The Bertz CT molecular complexity index is 1030. The van der Waals surface area contributed by atoms with Gasteiger partial charge >= 0.3 is 5.97 Å². The molecule has 0 unspecified atom stereocenters. The van der Waals surface area contributed by atoms with Gasteiger partial charge in [0.25, 0.3) is 5.19 Å². The molecule has 0 radical (unpaired) electrons. The van der Waals surface area contributed by atoms with Crippen LogP contribution < -0.4 is 4.74 Å². The Balaban J connectivity index is 1.90. The van der Waals surface area contributed by atoms with Crippen LogP contribution in [-0.4, -0.2) is 34.8 Å². The van der Waals surface area contributed by atoms with Crippen LogP contribution in [-0.2, 0) is 14.4 Å². The van der Waals surface area contributed by atoms with E-state index in [-0.39, 0.29) is 12.3 Å². The molecule has 2 aromatic carbocycles. The maximum atomic E-state index is 12.1. The van der Waals surface area contributed by atoms with Crippen molar-refractivity contribution in [2.75, 3.05) is 13.7 Å². The normalized spacial score (nSPS) is 10.8. The molecule has 0 aliphatic carbocycles. The lowest BCUT2D eigenvalue weighted by molar-refractivity contribution is -0.132. The summed E-state index contributed by atoms with van der Waals surface area (Å²) >= 11 is 1.08. The molecule has 0 atom stereocenters. The molecule has 1 aromatic heterocycles. The molecule has 0 amide bonds. The van der Waals surface area contributed by atoms with E-state index in [0.717, 1.165) is 17.1 Å². The summed E-state index contributed by atoms with van der Waals surface area (Å²) in [6.07, 6.45) is 0. The van der Waals surface area contributed by atoms with Gasteiger partial charge in [0.2, 0.25) is 6.61 Å². The number of benzene rings is 2. The summed E-state index contributed by atoms with van der Waals surface area (Å²) in [4.78, 5) is 21.3. The van der Waals surface area contributed by atoms with E-state index in [0.29, 0.717) is 22.3 Å². The summed E-state index contributed by atoms with van der Waals surface area (Å²) in [7, 11) is 1.22. The second-order valence-electron chi connectivity index (χ2n) is 5.21. The van der Waals surface area contributed by atoms with Gasteiger partial charge in [-0.1, -0.05) is 47.6 Å². The molecule has 0 spiro atoms. The summed E-state index contributed by atoms with van der Waals surface area (Å²) in [5, 5.41) is 12.6. The first-order chi connectivity index (χ1) is 13.7. The first kappa shape index (κ1) is 19.0. The Labute approximate surface area is 164 Å². The molecule has 3 aromatic rings. The lowest BCUT2D eigenvalue weighted by Crippen LogP contribution is -2.18. The average molecular weight is 394 g/mol. The van der Waals surface area contributed by atoms with Crippen molar-refractivity contribution in [1.82, 2.24) is 9.36 Å². The molecule has 0 bridgehead atoms. The predicted molar refractivity (Wildman–Crippen MR) is 102 cm³/mol. The third kappa shape index (κ3) is 4.49. The lowest BCUT2D eigenvalue weighted by Gasteiger charge is -2.09. The van der Waals surface area contributed by atoms with Gasteiger partial charge in [-0.15, -0.1) is 0 Å². The number of para-hydroxylation sites is 1. The van der Waals surface area contributed by atoms with Gasteiger partial charge in [0, 0.05) is 17.1 Å². The minimum absolute atomic E-state index is 0.124. The molecule has 1 heterocycles. The fourth-order valence-corrected chi connectivity index (χ4v) is 2.78. The van der Waals surface area contributed by atoms with Crippen LogP contribution in [0.5, 0.6) is 10.9 Å². The van der Waals surface area contributed by atoms with E-state index in [2.05, 4.69) is 14.5 Å². The third-order valence-corrected chi connectivity index (χ3v) is 4.04. The van der Waals surface area contributed by atoms with Crippen LogP contribution in [0.15, 0.2) is 59.8 Å². The van der Waals surface area contributed by atoms with E-state index in [1.807, 2.05) is 30.3 Å². The standard InChI is InChI=1S/C19H14N4O4S/c1-25-18(24)16(22-26-12-11-20)14-9-5-6-10-15(14)27-19-21-17(23-28-19)13-7-3-2-4-8-13/h2-10H,12H2,1H3. The van der Waals surface area contributed by atoms with Gasteiger partial charge in [0.15, 0.2) is 11.5 Å². The van der Waals surface area contributed by atoms with Crippen molar-refractivity contribution in [3.8, 4) is 28.4 Å². The fraction of sp³-hybridized carbons (Fsp3) is 0.105. The van der Waals surface area contributed by atoms with Gasteiger partial charge in [0.1, 0.15) is 11.8 Å². The van der Waals surface area contributed by atoms with Gasteiger partial charge in [-0.3, -0.25) is 0 Å². The van der Waals surface area contributed by atoms with Crippen molar-refractivity contribution >= 4 is 23.2 Å². The number of rotatable bonds is 7. The van der Waals surface area contributed by atoms with E-state index in [1.165, 1.54) is 7.11 Å². The van der Waals surface area contributed by atoms with Crippen molar-refractivity contribution < 1.29 is 19.1 Å². The van der Waals surface area contributed by atoms with Crippen molar-refractivity contribution in [2.45, 2.75) is 0 Å². The number of oxime groups is 1. The molecule has 3 rings (SSSR count). The number of nitrogens with zero attached hydrogens (tertiary/aromatic N) is 4. The molecule has 140 valence electrons. The number of esters is 1. The van der Waals surface area contributed by atoms with Gasteiger partial charge in [-0.05, 0) is 12.1 Å². The third-order valence-electron chi connectivity index (χ3n) is 3.44. The second-order valence-corrected chi connectivity index (χ2v) is 5.93. The number of nitriles is 1. The van der Waals surface area contributed by atoms with Crippen LogP contribution >= 0.6 is 11.5 Å². The highest BCUT2D eigenvalue weighted by atomic mass is 32.1. The molecule has 0 N–H and O–H groups in total. The summed E-state index contributed by atoms with van der Waals surface area (Å²) in [6.45, 7) is -0.305. The molecule has 28 heavy (non-hydrogen) atoms. The highest BCUT2D eigenvalue weighted by Gasteiger charge is 2.21. The SMILES string of the molecule is COC(=O)C(=NOCC#N)c1ccccc1Oc1nc(-c2ccccc2)ns1. The number of carbonyl (C=O) groups is 1. The summed E-state index contributed by atoms with van der Waals surface area (Å²) in [5.74, 6) is 0.136. The summed E-state index contributed by atoms with van der Waals surface area (Å²) in [5.41, 5.74) is 1.08. The minimum Gasteiger partial charge on any atom is -0.464 e. The van der Waals surface area contributed by atoms with Gasteiger partial charge in [-0.2, -0.15) is 14.6 Å². The van der Waals surface area contributed by atoms with Crippen molar-refractivity contribution in [3.63, 3.8) is 0 Å². The molecule has 8 nitrogen and oxygen atoms in total. The second kappa shape index (κ2) is 9.25.